The molecule has 112 valence electrons. The summed E-state index contributed by atoms with van der Waals surface area (Å²) in [5, 5.41) is 2.63. The first-order valence-corrected chi connectivity index (χ1v) is 7.42. The number of rotatable bonds is 1. The lowest BCUT2D eigenvalue weighted by molar-refractivity contribution is -0.116. The van der Waals surface area contributed by atoms with Crippen molar-refractivity contribution in [2.45, 2.75) is 6.04 Å². The lowest BCUT2D eigenvalue weighted by atomic mass is 9.96. The molecule has 0 saturated heterocycles. The minimum Gasteiger partial charge on any atom is -0.324 e. The second kappa shape index (κ2) is 5.99. The van der Waals surface area contributed by atoms with Crippen molar-refractivity contribution in [2.75, 3.05) is 11.9 Å². The molecule has 0 spiro atoms. The van der Waals surface area contributed by atoms with Crippen molar-refractivity contribution in [1.82, 2.24) is 4.90 Å². The van der Waals surface area contributed by atoms with Gasteiger partial charge in [-0.2, -0.15) is 0 Å². The fourth-order valence-electron chi connectivity index (χ4n) is 2.64. The number of carbonyl (C=O) groups excluding carboxylic acids is 2. The maximum atomic E-state index is 12.0. The number of fused-ring (bicyclic) bond motifs is 1. The SMILES string of the molecule is O=C1CN(C(=O)Cl)C(c2ccccc2)c2cc(Cl)ccc2N1. The Balaban J connectivity index is 2.22. The summed E-state index contributed by atoms with van der Waals surface area (Å²) >= 11 is 11.8. The zero-order valence-corrected chi connectivity index (χ0v) is 12.9. The predicted octanol–water partition coefficient (Wildman–Crippen LogP) is 4.04. The fourth-order valence-corrected chi connectivity index (χ4v) is 2.97. The lowest BCUT2D eigenvalue weighted by Gasteiger charge is -2.28. The molecular weight excluding hydrogens is 323 g/mol. The highest BCUT2D eigenvalue weighted by molar-refractivity contribution is 6.63. The molecule has 1 N–H and O–H groups in total. The van der Waals surface area contributed by atoms with E-state index in [2.05, 4.69) is 5.32 Å². The Kier molecular flexibility index (Phi) is 4.05. The van der Waals surface area contributed by atoms with Gasteiger partial charge in [-0.1, -0.05) is 41.9 Å². The molecule has 3 rings (SSSR count). The molecule has 4 nitrogen and oxygen atoms in total. The number of halogens is 2. The van der Waals surface area contributed by atoms with Gasteiger partial charge < -0.3 is 10.2 Å². The van der Waals surface area contributed by atoms with Crippen molar-refractivity contribution >= 4 is 40.2 Å². The largest absolute Gasteiger partial charge is 0.324 e. The number of anilines is 1. The molecule has 2 aromatic carbocycles. The van der Waals surface area contributed by atoms with Crippen molar-refractivity contribution < 1.29 is 9.59 Å². The average molecular weight is 335 g/mol. The first-order valence-electron chi connectivity index (χ1n) is 6.66. The van der Waals surface area contributed by atoms with Crippen LogP contribution in [-0.2, 0) is 4.79 Å². The number of amides is 2. The van der Waals surface area contributed by atoms with Crippen LogP contribution in [0.2, 0.25) is 5.02 Å². The molecule has 1 heterocycles. The Labute approximate surface area is 137 Å². The first-order chi connectivity index (χ1) is 10.6. The predicted molar refractivity (Wildman–Crippen MR) is 86.3 cm³/mol. The maximum Gasteiger partial charge on any atom is 0.317 e. The van der Waals surface area contributed by atoms with Crippen molar-refractivity contribution in [3.8, 4) is 0 Å². The summed E-state index contributed by atoms with van der Waals surface area (Å²) in [6.07, 6.45) is 0. The Morgan fingerprint density at radius 2 is 1.91 bits per heavy atom. The molecule has 1 aliphatic heterocycles. The number of hydrogen-bond donors (Lipinski definition) is 1. The molecule has 1 atom stereocenters. The van der Waals surface area contributed by atoms with Gasteiger partial charge in [0.05, 0.1) is 6.04 Å². The van der Waals surface area contributed by atoms with Gasteiger partial charge in [0.2, 0.25) is 5.91 Å². The van der Waals surface area contributed by atoms with E-state index >= 15 is 0 Å². The Bertz CT molecular complexity index is 734. The van der Waals surface area contributed by atoms with E-state index in [1.165, 1.54) is 4.90 Å². The van der Waals surface area contributed by atoms with Gasteiger partial charge in [0.25, 0.3) is 0 Å². The van der Waals surface area contributed by atoms with Crippen LogP contribution in [0.25, 0.3) is 0 Å². The highest BCUT2D eigenvalue weighted by Gasteiger charge is 2.32. The molecule has 0 fully saturated rings. The molecule has 22 heavy (non-hydrogen) atoms. The van der Waals surface area contributed by atoms with Crippen molar-refractivity contribution in [2.24, 2.45) is 0 Å². The van der Waals surface area contributed by atoms with Gasteiger partial charge in [0.15, 0.2) is 0 Å². The van der Waals surface area contributed by atoms with Gasteiger partial charge in [-0.15, -0.1) is 0 Å². The molecule has 0 radical (unpaired) electrons. The van der Waals surface area contributed by atoms with Crippen molar-refractivity contribution in [3.05, 3.63) is 64.7 Å². The summed E-state index contributed by atoms with van der Waals surface area (Å²) in [7, 11) is 0. The van der Waals surface area contributed by atoms with Crippen LogP contribution in [0, 0.1) is 0 Å². The van der Waals surface area contributed by atoms with Crippen LogP contribution in [0.1, 0.15) is 17.2 Å². The molecule has 2 amide bonds. The van der Waals surface area contributed by atoms with E-state index in [1.54, 1.807) is 18.2 Å². The van der Waals surface area contributed by atoms with Crippen molar-refractivity contribution in [1.29, 1.82) is 0 Å². The van der Waals surface area contributed by atoms with E-state index in [4.69, 9.17) is 23.2 Å². The monoisotopic (exact) mass is 334 g/mol. The van der Waals surface area contributed by atoms with Crippen LogP contribution in [0.3, 0.4) is 0 Å². The molecule has 0 bridgehead atoms. The summed E-state index contributed by atoms with van der Waals surface area (Å²) in [6.45, 7) is -0.117. The van der Waals surface area contributed by atoms with E-state index in [0.717, 1.165) is 11.1 Å². The minimum absolute atomic E-state index is 0.117. The minimum atomic E-state index is -0.683. The molecule has 0 saturated carbocycles. The summed E-state index contributed by atoms with van der Waals surface area (Å²) in [6, 6.07) is 14.1. The smallest absolute Gasteiger partial charge is 0.317 e. The topological polar surface area (TPSA) is 49.4 Å². The highest BCUT2D eigenvalue weighted by Crippen LogP contribution is 2.37. The van der Waals surface area contributed by atoms with Gasteiger partial charge in [0.1, 0.15) is 6.54 Å². The van der Waals surface area contributed by atoms with Crippen molar-refractivity contribution in [3.63, 3.8) is 0 Å². The van der Waals surface area contributed by atoms with Crippen LogP contribution in [0.5, 0.6) is 0 Å². The normalized spacial score (nSPS) is 17.5. The molecule has 0 aliphatic carbocycles. The van der Waals surface area contributed by atoms with E-state index < -0.39 is 11.4 Å². The Morgan fingerprint density at radius 1 is 1.18 bits per heavy atom. The van der Waals surface area contributed by atoms with Crippen LogP contribution in [0.4, 0.5) is 10.5 Å². The summed E-state index contributed by atoms with van der Waals surface area (Å²) < 4.78 is 0. The van der Waals surface area contributed by atoms with Crippen LogP contribution < -0.4 is 5.32 Å². The summed E-state index contributed by atoms with van der Waals surface area (Å²) in [5.41, 5.74) is 2.22. The number of benzene rings is 2. The number of nitrogens with zero attached hydrogens (tertiary/aromatic N) is 1. The zero-order valence-electron chi connectivity index (χ0n) is 11.4. The second-order valence-corrected chi connectivity index (χ2v) is 5.73. The van der Waals surface area contributed by atoms with Crippen LogP contribution >= 0.6 is 23.2 Å². The first kappa shape index (κ1) is 14.9. The molecule has 1 aliphatic rings. The number of nitrogens with one attached hydrogen (secondary N) is 1. The standard InChI is InChI=1S/C16H12Cl2N2O2/c17-11-6-7-13-12(8-11)15(10-4-2-1-3-5-10)20(16(18)22)9-14(21)19-13/h1-8,15H,9H2,(H,19,21). The van der Waals surface area contributed by atoms with Gasteiger partial charge in [-0.3, -0.25) is 9.59 Å². The maximum absolute atomic E-state index is 12.0. The number of carbonyl (C=O) groups is 2. The molecule has 1 unspecified atom stereocenters. The Hall–Kier alpha value is -2.04. The van der Waals surface area contributed by atoms with E-state index in [-0.39, 0.29) is 12.5 Å². The van der Waals surface area contributed by atoms with Gasteiger partial charge in [-0.25, -0.2) is 0 Å². The highest BCUT2D eigenvalue weighted by atomic mass is 35.5. The lowest BCUT2D eigenvalue weighted by Crippen LogP contribution is -2.35. The van der Waals surface area contributed by atoms with Crippen LogP contribution in [-0.4, -0.2) is 22.7 Å². The van der Waals surface area contributed by atoms with E-state index in [0.29, 0.717) is 10.7 Å². The quantitative estimate of drug-likeness (QED) is 0.632. The van der Waals surface area contributed by atoms with E-state index in [1.807, 2.05) is 30.3 Å². The van der Waals surface area contributed by atoms with Gasteiger partial charge >= 0.3 is 5.37 Å². The third-order valence-electron chi connectivity index (χ3n) is 3.55. The third-order valence-corrected chi connectivity index (χ3v) is 4.00. The zero-order chi connectivity index (χ0) is 15.7. The van der Waals surface area contributed by atoms with Gasteiger partial charge in [0, 0.05) is 16.3 Å². The summed E-state index contributed by atoms with van der Waals surface area (Å²) in [4.78, 5) is 25.2. The van der Waals surface area contributed by atoms with E-state index in [9.17, 15) is 9.59 Å². The second-order valence-electron chi connectivity index (χ2n) is 4.97. The number of hydrogen-bond acceptors (Lipinski definition) is 2. The average Bonchev–Trinajstić information content (AvgIpc) is 2.64. The molecule has 6 heteroatoms. The van der Waals surface area contributed by atoms with Gasteiger partial charge in [-0.05, 0) is 35.4 Å². The van der Waals surface area contributed by atoms with Crippen LogP contribution in [0.15, 0.2) is 48.5 Å². The summed E-state index contributed by atoms with van der Waals surface area (Å²) in [5.74, 6) is -0.295. The fraction of sp³-hybridized carbons (Fsp3) is 0.125. The Morgan fingerprint density at radius 3 is 2.59 bits per heavy atom. The molecule has 0 aromatic heterocycles. The third kappa shape index (κ3) is 2.80. The molecule has 2 aromatic rings. The molecular formula is C16H12Cl2N2O2.